The van der Waals surface area contributed by atoms with E-state index in [4.69, 9.17) is 30.4 Å². The van der Waals surface area contributed by atoms with E-state index in [1.165, 1.54) is 40.2 Å². The quantitative estimate of drug-likeness (QED) is 0.0880. The fraction of sp³-hybridized carbons (Fsp3) is 0.422. The lowest BCUT2D eigenvalue weighted by Crippen LogP contribution is -2.71. The first-order valence-corrected chi connectivity index (χ1v) is 22.8. The maximum atomic E-state index is 13.2. The van der Waals surface area contributed by atoms with Gasteiger partial charge in [0.25, 0.3) is 6.29 Å². The molecule has 8 rings (SSSR count). The summed E-state index contributed by atoms with van der Waals surface area (Å²) in [4.78, 5) is 103. The van der Waals surface area contributed by atoms with E-state index < -0.39 is 111 Å². The number of benzene rings is 3. The Labute approximate surface area is 388 Å². The third-order valence-electron chi connectivity index (χ3n) is 11.5. The van der Waals surface area contributed by atoms with Crippen molar-refractivity contribution in [1.82, 2.24) is 20.4 Å². The highest BCUT2D eigenvalue weighted by molar-refractivity contribution is 8.02. The molecule has 0 bridgehead atoms. The standard InChI is InChI=1S/C24H23N3O6S.C21H27N3O7S/c1-24(2)17(22(31)33-23-14-11-7-6-10-13(14)21(30)32-23)27-19(29)16(20(27)34-24)26-18(28)15(25)12-8-4-3-5-9-12;1-5-29-20(28)31-11(2)30-19(27)15-21(3,4)32-18-14(17(26)24(15)18)23-16(25)13(22)12-9-7-6-8-10-12/h3-11,15-17,20,23H,25H2,1-2H3,(H,26,28);6-11,13-15,18H,5,22H2,1-4H3,(H,23,25)/t15?,16-,17+,20-,23?;11?,13-,14-,15+,18-/m11/s1. The van der Waals surface area contributed by atoms with Crippen LogP contribution in [0, 0.1) is 0 Å². The Bertz CT molecular complexity index is 2410. The van der Waals surface area contributed by atoms with Crippen LogP contribution in [0.25, 0.3) is 0 Å². The lowest BCUT2D eigenvalue weighted by Gasteiger charge is -2.44. The van der Waals surface area contributed by atoms with Crippen LogP contribution in [-0.2, 0) is 52.5 Å². The van der Waals surface area contributed by atoms with Gasteiger partial charge in [0.2, 0.25) is 29.9 Å². The Hall–Kier alpha value is -6.16. The summed E-state index contributed by atoms with van der Waals surface area (Å²) < 4.78 is 24.1. The van der Waals surface area contributed by atoms with E-state index in [2.05, 4.69) is 15.4 Å². The minimum atomic E-state index is -1.18. The maximum absolute atomic E-state index is 13.2. The number of thioether (sulfide) groups is 2. The third-order valence-corrected chi connectivity index (χ3v) is 14.6. The maximum Gasteiger partial charge on any atom is 0.511 e. The Morgan fingerprint density at radius 1 is 0.697 bits per heavy atom. The molecule has 0 aromatic heterocycles. The van der Waals surface area contributed by atoms with Gasteiger partial charge in [-0.05, 0) is 51.8 Å². The molecule has 3 aromatic rings. The van der Waals surface area contributed by atoms with Gasteiger partial charge in [0, 0.05) is 22.0 Å². The molecule has 10 atom stereocenters. The number of carbonyl (C=O) groups is 8. The number of nitrogens with two attached hydrogens (primary N) is 2. The number of esters is 3. The number of amides is 4. The van der Waals surface area contributed by atoms with Crippen molar-refractivity contribution in [3.05, 3.63) is 107 Å². The van der Waals surface area contributed by atoms with Crippen molar-refractivity contribution < 1.29 is 62.0 Å². The first-order chi connectivity index (χ1) is 31.2. The van der Waals surface area contributed by atoms with Crippen molar-refractivity contribution >= 4 is 71.2 Å². The third kappa shape index (κ3) is 9.29. The van der Waals surface area contributed by atoms with Gasteiger partial charge in [-0.1, -0.05) is 78.9 Å². The number of ether oxygens (including phenoxy) is 5. The summed E-state index contributed by atoms with van der Waals surface area (Å²) in [5.74, 6) is -3.68. The molecule has 5 heterocycles. The van der Waals surface area contributed by atoms with E-state index in [0.29, 0.717) is 22.3 Å². The van der Waals surface area contributed by atoms with E-state index in [1.807, 2.05) is 26.0 Å². The molecule has 6 N–H and O–H groups in total. The van der Waals surface area contributed by atoms with E-state index in [1.54, 1.807) is 93.6 Å². The predicted molar refractivity (Wildman–Crippen MR) is 237 cm³/mol. The van der Waals surface area contributed by atoms with Crippen LogP contribution in [0.3, 0.4) is 0 Å². The smallest absolute Gasteiger partial charge is 0.435 e. The van der Waals surface area contributed by atoms with Crippen LogP contribution in [0.1, 0.15) is 87.0 Å². The summed E-state index contributed by atoms with van der Waals surface area (Å²) in [7, 11) is 0. The number of carbonyl (C=O) groups excluding carboxylic acids is 8. The van der Waals surface area contributed by atoms with Gasteiger partial charge in [-0.25, -0.2) is 19.2 Å². The predicted octanol–water partition coefficient (Wildman–Crippen LogP) is 2.94. The highest BCUT2D eigenvalue weighted by Gasteiger charge is 2.66. The van der Waals surface area contributed by atoms with E-state index in [0.717, 1.165) is 0 Å². The van der Waals surface area contributed by atoms with Gasteiger partial charge in [-0.15, -0.1) is 23.5 Å². The number of nitrogens with zero attached hydrogens (tertiary/aromatic N) is 2. The average Bonchev–Trinajstić information content (AvgIpc) is 3.85. The van der Waals surface area contributed by atoms with Crippen molar-refractivity contribution in [3.8, 4) is 0 Å². The van der Waals surface area contributed by atoms with Gasteiger partial charge in [0.1, 0.15) is 47.0 Å². The molecule has 3 aromatic carbocycles. The van der Waals surface area contributed by atoms with Gasteiger partial charge in [0.05, 0.1) is 12.2 Å². The number of cyclic esters (lactones) is 1. The molecule has 19 nitrogen and oxygen atoms in total. The van der Waals surface area contributed by atoms with Gasteiger partial charge in [0.15, 0.2) is 0 Å². The summed E-state index contributed by atoms with van der Waals surface area (Å²) in [6.45, 7) is 10.4. The van der Waals surface area contributed by atoms with Gasteiger partial charge in [-0.3, -0.25) is 19.2 Å². The van der Waals surface area contributed by atoms with E-state index in [9.17, 15) is 38.4 Å². The number of hydrogen-bond donors (Lipinski definition) is 4. The molecule has 4 fully saturated rings. The fourth-order valence-electron chi connectivity index (χ4n) is 8.27. The van der Waals surface area contributed by atoms with Crippen LogP contribution < -0.4 is 22.1 Å². The second-order valence-corrected chi connectivity index (χ2v) is 20.4. The van der Waals surface area contributed by atoms with E-state index >= 15 is 0 Å². The molecule has 4 amide bonds. The minimum absolute atomic E-state index is 0.122. The summed E-state index contributed by atoms with van der Waals surface area (Å²) in [5, 5.41) is 4.55. The highest BCUT2D eigenvalue weighted by Crippen LogP contribution is 2.52. The van der Waals surface area contributed by atoms with Crippen LogP contribution in [0.5, 0.6) is 0 Å². The molecule has 66 heavy (non-hydrogen) atoms. The first-order valence-electron chi connectivity index (χ1n) is 21.0. The van der Waals surface area contributed by atoms with Crippen molar-refractivity contribution in [2.24, 2.45) is 11.5 Å². The van der Waals surface area contributed by atoms with Crippen LogP contribution in [0.15, 0.2) is 84.9 Å². The Kier molecular flexibility index (Phi) is 13.7. The molecule has 0 aliphatic carbocycles. The SMILES string of the molecule is CC1(C)S[C@@H]2[C@H](NC(=O)C(N)c3ccccc3)C(=O)N2[C@H]1C(=O)OC1OC(=O)c2ccccc21.CCOC(=O)OC(C)OC(=O)[C@@H]1N2C(=O)[C@@H](NC(=O)[C@H](N)c3ccccc3)[C@H]2SC1(C)C. The zero-order chi connectivity index (χ0) is 47.8. The molecule has 0 spiro atoms. The zero-order valence-electron chi connectivity index (χ0n) is 36.7. The van der Waals surface area contributed by atoms with E-state index in [-0.39, 0.29) is 12.5 Å². The molecule has 0 radical (unpaired) electrons. The highest BCUT2D eigenvalue weighted by atomic mass is 32.2. The second-order valence-electron chi connectivity index (χ2n) is 16.8. The molecule has 5 aliphatic rings. The molecule has 3 unspecified atom stereocenters. The van der Waals surface area contributed by atoms with Gasteiger partial charge >= 0.3 is 24.1 Å². The van der Waals surface area contributed by atoms with Crippen molar-refractivity contribution in [2.45, 2.75) is 111 Å². The summed E-state index contributed by atoms with van der Waals surface area (Å²) in [6.07, 6.45) is -3.30. The molecule has 4 saturated heterocycles. The molecule has 0 saturated carbocycles. The van der Waals surface area contributed by atoms with Gasteiger partial charge in [-0.2, -0.15) is 0 Å². The first kappa shape index (κ1) is 47.8. The molecule has 21 heteroatoms. The lowest BCUT2D eigenvalue weighted by molar-refractivity contribution is -0.181. The fourth-order valence-corrected chi connectivity index (χ4v) is 11.5. The average molecular weight is 947 g/mol. The van der Waals surface area contributed by atoms with Crippen LogP contribution in [0.4, 0.5) is 4.79 Å². The monoisotopic (exact) mass is 946 g/mol. The molecular weight excluding hydrogens is 897 g/mol. The number of fused-ring (bicyclic) bond motifs is 3. The summed E-state index contributed by atoms with van der Waals surface area (Å²) in [6, 6.07) is 19.1. The Morgan fingerprint density at radius 3 is 1.64 bits per heavy atom. The zero-order valence-corrected chi connectivity index (χ0v) is 38.4. The van der Waals surface area contributed by atoms with Crippen molar-refractivity contribution in [2.75, 3.05) is 6.61 Å². The largest absolute Gasteiger partial charge is 0.511 e. The number of hydrogen-bond acceptors (Lipinski definition) is 17. The lowest BCUT2D eigenvalue weighted by atomic mass is 9.95. The summed E-state index contributed by atoms with van der Waals surface area (Å²) in [5.41, 5.74) is 14.2. The molecule has 350 valence electrons. The topological polar surface area (TPSA) is 265 Å². The van der Waals surface area contributed by atoms with Crippen LogP contribution in [-0.4, -0.2) is 115 Å². The number of rotatable bonds is 12. The summed E-state index contributed by atoms with van der Waals surface area (Å²) >= 11 is 2.78. The minimum Gasteiger partial charge on any atom is -0.435 e. The van der Waals surface area contributed by atoms with Crippen LogP contribution >= 0.6 is 23.5 Å². The van der Waals surface area contributed by atoms with Crippen LogP contribution in [0.2, 0.25) is 0 Å². The van der Waals surface area contributed by atoms with Gasteiger partial charge < -0.3 is 55.6 Å². The molecule has 5 aliphatic heterocycles. The second kappa shape index (κ2) is 19.0. The normalized spacial score (nSPS) is 26.2. The van der Waals surface area contributed by atoms with Crippen molar-refractivity contribution in [1.29, 1.82) is 0 Å². The Balaban J connectivity index is 0.000000197. The Morgan fingerprint density at radius 2 is 1.15 bits per heavy atom. The molecular formula is C45H50N6O13S2. The number of β-lactam (4-membered cyclic amide) rings is 2. The van der Waals surface area contributed by atoms with Crippen molar-refractivity contribution in [3.63, 3.8) is 0 Å². The number of nitrogens with one attached hydrogen (secondary N) is 2.